The fraction of sp³-hybridized carbons (Fsp3) is 0.360. The van der Waals surface area contributed by atoms with Gasteiger partial charge in [-0.1, -0.05) is 35.9 Å². The van der Waals surface area contributed by atoms with Gasteiger partial charge in [0.15, 0.2) is 10.8 Å². The van der Waals surface area contributed by atoms with Crippen LogP contribution in [0.25, 0.3) is 11.3 Å². The number of nitrogens with zero attached hydrogens (tertiary/aromatic N) is 3. The van der Waals surface area contributed by atoms with E-state index in [1.165, 1.54) is 10.9 Å². The van der Waals surface area contributed by atoms with Gasteiger partial charge in [-0.2, -0.15) is 5.10 Å². The number of ether oxygens (including phenoxy) is 2. The average molecular weight is 485 g/mol. The third-order valence-electron chi connectivity index (χ3n) is 4.59. The van der Waals surface area contributed by atoms with Gasteiger partial charge in [-0.3, -0.25) is 15.1 Å². The zero-order valence-electron chi connectivity index (χ0n) is 20.2. The van der Waals surface area contributed by atoms with Gasteiger partial charge in [0.1, 0.15) is 12.2 Å². The van der Waals surface area contributed by atoms with Crippen LogP contribution in [0, 0.1) is 0 Å². The highest BCUT2D eigenvalue weighted by molar-refractivity contribution is 6.31. The molecule has 34 heavy (non-hydrogen) atoms. The van der Waals surface area contributed by atoms with Crippen LogP contribution in [0.5, 0.6) is 5.75 Å². The molecule has 2 aromatic heterocycles. The van der Waals surface area contributed by atoms with Crippen molar-refractivity contribution in [3.8, 4) is 17.0 Å². The SMILES string of the molecule is CC(C)(C)OC(=O)Nc1cccnc1-c1ccc(COc2cnn(C(C)(C)C)c(=O)c2Cl)cc1. The van der Waals surface area contributed by atoms with E-state index in [4.69, 9.17) is 21.1 Å². The van der Waals surface area contributed by atoms with Crippen LogP contribution in [0.3, 0.4) is 0 Å². The molecule has 0 bridgehead atoms. The molecule has 1 amide bonds. The maximum atomic E-state index is 12.5. The van der Waals surface area contributed by atoms with Crippen LogP contribution in [0.15, 0.2) is 53.6 Å². The summed E-state index contributed by atoms with van der Waals surface area (Å²) in [6.07, 6.45) is 2.55. The van der Waals surface area contributed by atoms with E-state index in [0.717, 1.165) is 11.1 Å². The first-order chi connectivity index (χ1) is 15.8. The summed E-state index contributed by atoms with van der Waals surface area (Å²) in [5.41, 5.74) is 1.32. The third kappa shape index (κ3) is 6.35. The first-order valence-corrected chi connectivity index (χ1v) is 11.2. The summed E-state index contributed by atoms with van der Waals surface area (Å²) in [5.74, 6) is 0.227. The van der Waals surface area contributed by atoms with Crippen molar-refractivity contribution in [2.45, 2.75) is 59.3 Å². The van der Waals surface area contributed by atoms with Crippen LogP contribution < -0.4 is 15.6 Å². The Morgan fingerprint density at radius 3 is 2.38 bits per heavy atom. The van der Waals surface area contributed by atoms with Crippen molar-refractivity contribution in [3.05, 3.63) is 69.7 Å². The minimum absolute atomic E-state index is 0.00658. The van der Waals surface area contributed by atoms with Crippen LogP contribution in [0.4, 0.5) is 10.5 Å². The molecule has 0 atom stereocenters. The van der Waals surface area contributed by atoms with Crippen LogP contribution in [-0.4, -0.2) is 26.5 Å². The van der Waals surface area contributed by atoms with Gasteiger partial charge in [-0.05, 0) is 59.2 Å². The molecule has 0 aliphatic heterocycles. The highest BCUT2D eigenvalue weighted by Gasteiger charge is 2.20. The molecule has 0 unspecified atom stereocenters. The van der Waals surface area contributed by atoms with E-state index in [1.807, 2.05) is 45.0 Å². The molecule has 0 fully saturated rings. The van der Waals surface area contributed by atoms with E-state index in [9.17, 15) is 9.59 Å². The number of carbonyl (C=O) groups excluding carboxylic acids is 1. The Morgan fingerprint density at radius 1 is 1.09 bits per heavy atom. The van der Waals surface area contributed by atoms with Gasteiger partial charge >= 0.3 is 6.09 Å². The summed E-state index contributed by atoms with van der Waals surface area (Å²) in [6.45, 7) is 11.2. The Morgan fingerprint density at radius 2 is 1.76 bits per heavy atom. The molecule has 3 aromatic rings. The monoisotopic (exact) mass is 484 g/mol. The summed E-state index contributed by atoms with van der Waals surface area (Å²) in [7, 11) is 0. The summed E-state index contributed by atoms with van der Waals surface area (Å²) < 4.78 is 12.4. The molecule has 3 rings (SSSR count). The zero-order valence-corrected chi connectivity index (χ0v) is 20.9. The van der Waals surface area contributed by atoms with Crippen molar-refractivity contribution in [2.75, 3.05) is 5.32 Å². The Bertz CT molecular complexity index is 1230. The number of nitrogens with one attached hydrogen (secondary N) is 1. The minimum Gasteiger partial charge on any atom is -0.485 e. The number of aromatic nitrogens is 3. The van der Waals surface area contributed by atoms with Gasteiger partial charge in [0.05, 0.1) is 23.1 Å². The minimum atomic E-state index is -0.606. The number of anilines is 1. The van der Waals surface area contributed by atoms with Crippen molar-refractivity contribution >= 4 is 23.4 Å². The largest absolute Gasteiger partial charge is 0.485 e. The first-order valence-electron chi connectivity index (χ1n) is 10.8. The van der Waals surface area contributed by atoms with Crippen molar-refractivity contribution in [2.24, 2.45) is 0 Å². The van der Waals surface area contributed by atoms with Gasteiger partial charge in [-0.25, -0.2) is 9.48 Å². The fourth-order valence-corrected chi connectivity index (χ4v) is 3.25. The van der Waals surface area contributed by atoms with Gasteiger partial charge < -0.3 is 9.47 Å². The smallest absolute Gasteiger partial charge is 0.412 e. The zero-order chi connectivity index (χ0) is 25.1. The molecule has 0 aliphatic rings. The summed E-state index contributed by atoms with van der Waals surface area (Å²) >= 11 is 6.22. The van der Waals surface area contributed by atoms with E-state index in [-0.39, 0.29) is 17.4 Å². The number of hydrogen-bond donors (Lipinski definition) is 1. The number of benzene rings is 1. The molecule has 0 spiro atoms. The quantitative estimate of drug-likeness (QED) is 0.503. The van der Waals surface area contributed by atoms with Crippen molar-refractivity contribution in [1.29, 1.82) is 0 Å². The average Bonchev–Trinajstić information content (AvgIpc) is 2.73. The first kappa shape index (κ1) is 25.2. The number of rotatable bonds is 5. The predicted molar refractivity (Wildman–Crippen MR) is 132 cm³/mol. The normalized spacial score (nSPS) is 11.7. The van der Waals surface area contributed by atoms with E-state index in [0.29, 0.717) is 11.4 Å². The maximum absolute atomic E-state index is 12.5. The Labute approximate surface area is 203 Å². The molecule has 8 nitrogen and oxygen atoms in total. The van der Waals surface area contributed by atoms with Crippen molar-refractivity contribution in [1.82, 2.24) is 14.8 Å². The molecule has 0 aliphatic carbocycles. The maximum Gasteiger partial charge on any atom is 0.412 e. The highest BCUT2D eigenvalue weighted by atomic mass is 35.5. The molecule has 0 saturated heterocycles. The third-order valence-corrected chi connectivity index (χ3v) is 4.94. The number of pyridine rings is 1. The second kappa shape index (κ2) is 9.85. The van der Waals surface area contributed by atoms with E-state index in [2.05, 4.69) is 15.4 Å². The number of amides is 1. The lowest BCUT2D eigenvalue weighted by Gasteiger charge is -2.21. The molecule has 180 valence electrons. The molecular weight excluding hydrogens is 456 g/mol. The van der Waals surface area contributed by atoms with E-state index >= 15 is 0 Å². The summed E-state index contributed by atoms with van der Waals surface area (Å²) in [4.78, 5) is 29.1. The number of carbonyl (C=O) groups is 1. The Hall–Kier alpha value is -3.39. The topological polar surface area (TPSA) is 95.3 Å². The Balaban J connectivity index is 1.73. The van der Waals surface area contributed by atoms with Crippen molar-refractivity contribution < 1.29 is 14.3 Å². The molecule has 1 aromatic carbocycles. The lowest BCUT2D eigenvalue weighted by molar-refractivity contribution is 0.0636. The van der Waals surface area contributed by atoms with Gasteiger partial charge in [-0.15, -0.1) is 0 Å². The van der Waals surface area contributed by atoms with Gasteiger partial charge in [0, 0.05) is 11.8 Å². The van der Waals surface area contributed by atoms with Crippen LogP contribution in [-0.2, 0) is 16.9 Å². The van der Waals surface area contributed by atoms with Gasteiger partial charge in [0.25, 0.3) is 5.56 Å². The molecular formula is C25H29ClN4O4. The van der Waals surface area contributed by atoms with Crippen LogP contribution >= 0.6 is 11.6 Å². The van der Waals surface area contributed by atoms with E-state index < -0.39 is 22.8 Å². The fourth-order valence-electron chi connectivity index (χ4n) is 3.07. The molecule has 2 heterocycles. The number of halogens is 1. The van der Waals surface area contributed by atoms with E-state index in [1.54, 1.807) is 39.1 Å². The lowest BCUT2D eigenvalue weighted by Crippen LogP contribution is -2.36. The second-order valence-corrected chi connectivity index (χ2v) is 10.1. The standard InChI is InChI=1S/C25H29ClN4O4/c1-24(2,3)30-22(31)20(26)19(14-28-30)33-15-16-9-11-17(12-10-16)21-18(8-7-13-27-21)29-23(32)34-25(4,5)6/h7-14H,15H2,1-6H3,(H,29,32). The molecule has 1 N–H and O–H groups in total. The molecule has 0 radical (unpaired) electrons. The molecule has 9 heteroatoms. The molecule has 0 saturated carbocycles. The van der Waals surface area contributed by atoms with Crippen LogP contribution in [0.2, 0.25) is 5.02 Å². The summed E-state index contributed by atoms with van der Waals surface area (Å²) in [5, 5.41) is 6.92. The second-order valence-electron chi connectivity index (χ2n) is 9.72. The van der Waals surface area contributed by atoms with Gasteiger partial charge in [0.2, 0.25) is 0 Å². The van der Waals surface area contributed by atoms with Crippen molar-refractivity contribution in [3.63, 3.8) is 0 Å². The Kier molecular flexibility index (Phi) is 7.31. The van der Waals surface area contributed by atoms with Crippen LogP contribution in [0.1, 0.15) is 47.1 Å². The lowest BCUT2D eigenvalue weighted by atomic mass is 10.1. The number of hydrogen-bond acceptors (Lipinski definition) is 6. The highest BCUT2D eigenvalue weighted by Crippen LogP contribution is 2.27. The predicted octanol–water partition coefficient (Wildman–Crippen LogP) is 5.64. The summed E-state index contributed by atoms with van der Waals surface area (Å²) in [6, 6.07) is 11.0.